The summed E-state index contributed by atoms with van der Waals surface area (Å²) in [5.74, 6) is 2.32. The van der Waals surface area contributed by atoms with Crippen molar-refractivity contribution in [2.24, 2.45) is 7.05 Å². The van der Waals surface area contributed by atoms with Crippen LogP contribution in [-0.4, -0.2) is 19.9 Å². The molecule has 86 valence electrons. The molecule has 16 heavy (non-hydrogen) atoms. The Hall–Kier alpha value is -1.62. The molecule has 2 aromatic rings. The third-order valence-corrected chi connectivity index (χ3v) is 2.62. The lowest BCUT2D eigenvalue weighted by Crippen LogP contribution is -2.07. The number of rotatable bonds is 3. The molecular formula is C11H15N3O2. The van der Waals surface area contributed by atoms with E-state index in [0.29, 0.717) is 6.42 Å². The van der Waals surface area contributed by atoms with E-state index in [1.54, 1.807) is 4.68 Å². The first-order chi connectivity index (χ1) is 7.58. The molecule has 0 radical (unpaired) electrons. The van der Waals surface area contributed by atoms with E-state index in [4.69, 9.17) is 4.42 Å². The van der Waals surface area contributed by atoms with Gasteiger partial charge in [0.25, 0.3) is 0 Å². The average Bonchev–Trinajstić information content (AvgIpc) is 2.74. The standard InChI is InChI=1S/C11H15N3O2/c1-7-4-9(8(2)16-7)10(15)5-11-12-6-13-14(11)3/h4,6,10,15H,5H2,1-3H3. The maximum absolute atomic E-state index is 10.1. The van der Waals surface area contributed by atoms with Crippen LogP contribution in [0.4, 0.5) is 0 Å². The molecule has 5 heteroatoms. The van der Waals surface area contributed by atoms with Gasteiger partial charge in [-0.3, -0.25) is 4.68 Å². The normalized spacial score (nSPS) is 13.0. The Labute approximate surface area is 93.7 Å². The third kappa shape index (κ3) is 1.99. The Bertz CT molecular complexity index is 487. The van der Waals surface area contributed by atoms with Gasteiger partial charge in [-0.15, -0.1) is 0 Å². The van der Waals surface area contributed by atoms with Crippen LogP contribution < -0.4 is 0 Å². The molecule has 0 aromatic carbocycles. The number of aryl methyl sites for hydroxylation is 3. The number of aromatic nitrogens is 3. The summed E-state index contributed by atoms with van der Waals surface area (Å²) in [6.07, 6.45) is 1.33. The summed E-state index contributed by atoms with van der Waals surface area (Å²) in [5, 5.41) is 14.0. The van der Waals surface area contributed by atoms with Crippen LogP contribution in [0, 0.1) is 13.8 Å². The monoisotopic (exact) mass is 221 g/mol. The molecule has 1 unspecified atom stereocenters. The minimum Gasteiger partial charge on any atom is -0.466 e. The Morgan fingerprint density at radius 3 is 2.75 bits per heavy atom. The minimum absolute atomic E-state index is 0.441. The van der Waals surface area contributed by atoms with Crippen LogP contribution >= 0.6 is 0 Å². The van der Waals surface area contributed by atoms with Gasteiger partial charge in [0, 0.05) is 19.0 Å². The molecule has 0 aliphatic rings. The molecule has 0 spiro atoms. The summed E-state index contributed by atoms with van der Waals surface area (Å²) >= 11 is 0. The van der Waals surface area contributed by atoms with Crippen LogP contribution in [0.3, 0.4) is 0 Å². The Kier molecular flexibility index (Phi) is 2.78. The van der Waals surface area contributed by atoms with Crippen molar-refractivity contribution in [3.63, 3.8) is 0 Å². The van der Waals surface area contributed by atoms with E-state index in [1.165, 1.54) is 6.33 Å². The number of aliphatic hydroxyl groups is 1. The summed E-state index contributed by atoms with van der Waals surface area (Å²) in [5.41, 5.74) is 0.820. The molecule has 0 saturated heterocycles. The zero-order chi connectivity index (χ0) is 11.7. The van der Waals surface area contributed by atoms with E-state index in [1.807, 2.05) is 27.0 Å². The van der Waals surface area contributed by atoms with E-state index < -0.39 is 6.10 Å². The SMILES string of the molecule is Cc1cc(C(O)Cc2ncnn2C)c(C)o1. The smallest absolute Gasteiger partial charge is 0.138 e. The summed E-state index contributed by atoms with van der Waals surface area (Å²) < 4.78 is 7.04. The van der Waals surface area contributed by atoms with Crippen molar-refractivity contribution in [1.29, 1.82) is 0 Å². The zero-order valence-electron chi connectivity index (χ0n) is 9.64. The van der Waals surface area contributed by atoms with Crippen LogP contribution in [0.5, 0.6) is 0 Å². The van der Waals surface area contributed by atoms with Crippen molar-refractivity contribution in [3.05, 3.63) is 35.3 Å². The van der Waals surface area contributed by atoms with Gasteiger partial charge in [-0.05, 0) is 19.9 Å². The lowest BCUT2D eigenvalue weighted by Gasteiger charge is -2.08. The Balaban J connectivity index is 2.17. The number of hydrogen-bond donors (Lipinski definition) is 1. The molecule has 0 amide bonds. The van der Waals surface area contributed by atoms with E-state index >= 15 is 0 Å². The first kappa shape index (κ1) is 10.9. The van der Waals surface area contributed by atoms with E-state index in [0.717, 1.165) is 22.9 Å². The maximum atomic E-state index is 10.1. The van der Waals surface area contributed by atoms with E-state index in [2.05, 4.69) is 10.1 Å². The van der Waals surface area contributed by atoms with Gasteiger partial charge in [-0.2, -0.15) is 5.10 Å². The van der Waals surface area contributed by atoms with Crippen LogP contribution in [-0.2, 0) is 13.5 Å². The number of nitrogens with zero attached hydrogens (tertiary/aromatic N) is 3. The summed E-state index contributed by atoms with van der Waals surface area (Å²) in [6, 6.07) is 1.86. The molecule has 0 saturated carbocycles. The van der Waals surface area contributed by atoms with Gasteiger partial charge < -0.3 is 9.52 Å². The van der Waals surface area contributed by atoms with Crippen LogP contribution in [0.1, 0.15) is 29.0 Å². The van der Waals surface area contributed by atoms with Gasteiger partial charge >= 0.3 is 0 Å². The second-order valence-electron chi connectivity index (χ2n) is 3.89. The molecular weight excluding hydrogens is 206 g/mol. The van der Waals surface area contributed by atoms with Gasteiger partial charge in [-0.1, -0.05) is 0 Å². The molecule has 5 nitrogen and oxygen atoms in total. The van der Waals surface area contributed by atoms with E-state index in [-0.39, 0.29) is 0 Å². The molecule has 1 atom stereocenters. The summed E-state index contributed by atoms with van der Waals surface area (Å²) in [4.78, 5) is 4.08. The van der Waals surface area contributed by atoms with Crippen LogP contribution in [0.2, 0.25) is 0 Å². The predicted molar refractivity (Wildman–Crippen MR) is 57.8 cm³/mol. The fraction of sp³-hybridized carbons (Fsp3) is 0.455. The van der Waals surface area contributed by atoms with Crippen molar-refractivity contribution in [1.82, 2.24) is 14.8 Å². The predicted octanol–water partition coefficient (Wildman–Crippen LogP) is 1.30. The molecule has 1 N–H and O–H groups in total. The molecule has 2 aromatic heterocycles. The molecule has 2 heterocycles. The minimum atomic E-state index is -0.597. The molecule has 0 aliphatic carbocycles. The quantitative estimate of drug-likeness (QED) is 0.848. The fourth-order valence-electron chi connectivity index (χ4n) is 1.77. The topological polar surface area (TPSA) is 64.1 Å². The summed E-state index contributed by atoms with van der Waals surface area (Å²) in [7, 11) is 1.81. The highest BCUT2D eigenvalue weighted by molar-refractivity contribution is 5.23. The van der Waals surface area contributed by atoms with Crippen molar-refractivity contribution >= 4 is 0 Å². The molecule has 0 fully saturated rings. The second kappa shape index (κ2) is 4.09. The van der Waals surface area contributed by atoms with E-state index in [9.17, 15) is 5.11 Å². The van der Waals surface area contributed by atoms with Crippen LogP contribution in [0.25, 0.3) is 0 Å². The maximum Gasteiger partial charge on any atom is 0.138 e. The van der Waals surface area contributed by atoms with Crippen molar-refractivity contribution in [3.8, 4) is 0 Å². The average molecular weight is 221 g/mol. The van der Waals surface area contributed by atoms with Gasteiger partial charge in [0.05, 0.1) is 6.10 Å². The highest BCUT2D eigenvalue weighted by Gasteiger charge is 2.17. The van der Waals surface area contributed by atoms with Gasteiger partial charge in [-0.25, -0.2) is 4.98 Å². The van der Waals surface area contributed by atoms with Crippen molar-refractivity contribution < 1.29 is 9.52 Å². The number of furan rings is 1. The number of hydrogen-bond acceptors (Lipinski definition) is 4. The first-order valence-electron chi connectivity index (χ1n) is 5.16. The lowest BCUT2D eigenvalue weighted by atomic mass is 10.1. The largest absolute Gasteiger partial charge is 0.466 e. The van der Waals surface area contributed by atoms with Crippen LogP contribution in [0.15, 0.2) is 16.8 Å². The lowest BCUT2D eigenvalue weighted by molar-refractivity contribution is 0.172. The van der Waals surface area contributed by atoms with Crippen molar-refractivity contribution in [2.45, 2.75) is 26.4 Å². The number of aliphatic hydroxyl groups excluding tert-OH is 1. The van der Waals surface area contributed by atoms with Gasteiger partial charge in [0.15, 0.2) is 0 Å². The first-order valence-corrected chi connectivity index (χ1v) is 5.16. The van der Waals surface area contributed by atoms with Crippen molar-refractivity contribution in [2.75, 3.05) is 0 Å². The second-order valence-corrected chi connectivity index (χ2v) is 3.89. The zero-order valence-corrected chi connectivity index (χ0v) is 9.64. The Morgan fingerprint density at radius 2 is 2.25 bits per heavy atom. The highest BCUT2D eigenvalue weighted by Crippen LogP contribution is 2.23. The third-order valence-electron chi connectivity index (χ3n) is 2.62. The molecule has 0 bridgehead atoms. The fourth-order valence-corrected chi connectivity index (χ4v) is 1.77. The van der Waals surface area contributed by atoms with Gasteiger partial charge in [0.2, 0.25) is 0 Å². The molecule has 2 rings (SSSR count). The molecule has 0 aliphatic heterocycles. The van der Waals surface area contributed by atoms with Gasteiger partial charge in [0.1, 0.15) is 23.7 Å². The Morgan fingerprint density at radius 1 is 1.50 bits per heavy atom. The highest BCUT2D eigenvalue weighted by atomic mass is 16.3. The summed E-state index contributed by atoms with van der Waals surface area (Å²) in [6.45, 7) is 3.72.